The standard InChI is InChI=1S/C14H19N3O3S/c15-12-13-2-4-14(5-3-13)21(18,19)16-6-1-7-17-8-10-20-11-9-17/h2-5,16H,1,6-11H2. The van der Waals surface area contributed by atoms with Gasteiger partial charge in [0.15, 0.2) is 0 Å². The summed E-state index contributed by atoms with van der Waals surface area (Å²) in [5.41, 5.74) is 0.446. The van der Waals surface area contributed by atoms with Crippen LogP contribution in [0.3, 0.4) is 0 Å². The Bertz CT molecular complexity index is 587. The fourth-order valence-corrected chi connectivity index (χ4v) is 3.20. The fraction of sp³-hybridized carbons (Fsp3) is 0.500. The van der Waals surface area contributed by atoms with Crippen molar-refractivity contribution >= 4 is 10.0 Å². The normalized spacial score (nSPS) is 16.5. The monoisotopic (exact) mass is 309 g/mol. The van der Waals surface area contributed by atoms with Gasteiger partial charge >= 0.3 is 0 Å². The molecule has 6 nitrogen and oxygen atoms in total. The first-order valence-corrected chi connectivity index (χ1v) is 8.40. The van der Waals surface area contributed by atoms with Crippen molar-refractivity contribution in [3.63, 3.8) is 0 Å². The molecule has 1 aromatic carbocycles. The second-order valence-corrected chi connectivity index (χ2v) is 6.61. The maximum atomic E-state index is 12.1. The maximum absolute atomic E-state index is 12.1. The van der Waals surface area contributed by atoms with Gasteiger partial charge < -0.3 is 4.74 Å². The van der Waals surface area contributed by atoms with E-state index in [4.69, 9.17) is 10.00 Å². The molecule has 1 heterocycles. The van der Waals surface area contributed by atoms with Crippen LogP contribution in [0.4, 0.5) is 0 Å². The van der Waals surface area contributed by atoms with Crippen molar-refractivity contribution in [1.82, 2.24) is 9.62 Å². The third-order valence-electron chi connectivity index (χ3n) is 3.34. The summed E-state index contributed by atoms with van der Waals surface area (Å²) < 4.78 is 32.0. The third-order valence-corrected chi connectivity index (χ3v) is 4.82. The summed E-state index contributed by atoms with van der Waals surface area (Å²) in [5, 5.41) is 8.70. The average molecular weight is 309 g/mol. The van der Waals surface area contributed by atoms with Crippen LogP contribution in [0.5, 0.6) is 0 Å². The molecular formula is C14H19N3O3S. The van der Waals surface area contributed by atoms with Crippen LogP contribution in [0, 0.1) is 11.3 Å². The van der Waals surface area contributed by atoms with E-state index in [0.29, 0.717) is 12.1 Å². The lowest BCUT2D eigenvalue weighted by Crippen LogP contribution is -2.38. The van der Waals surface area contributed by atoms with Crippen LogP contribution in [0.25, 0.3) is 0 Å². The van der Waals surface area contributed by atoms with Crippen LogP contribution in [-0.2, 0) is 14.8 Å². The summed E-state index contributed by atoms with van der Waals surface area (Å²) in [6.07, 6.45) is 0.759. The van der Waals surface area contributed by atoms with Gasteiger partial charge in [-0.05, 0) is 37.2 Å². The maximum Gasteiger partial charge on any atom is 0.240 e. The minimum Gasteiger partial charge on any atom is -0.379 e. The first-order valence-electron chi connectivity index (χ1n) is 6.92. The molecule has 0 spiro atoms. The quantitative estimate of drug-likeness (QED) is 0.776. The molecule has 21 heavy (non-hydrogen) atoms. The van der Waals surface area contributed by atoms with Crippen LogP contribution in [0.15, 0.2) is 29.2 Å². The van der Waals surface area contributed by atoms with Gasteiger partial charge in [-0.15, -0.1) is 0 Å². The first-order chi connectivity index (χ1) is 10.1. The average Bonchev–Trinajstić information content (AvgIpc) is 2.53. The molecule has 0 aromatic heterocycles. The summed E-state index contributed by atoms with van der Waals surface area (Å²) in [6.45, 7) is 4.57. The van der Waals surface area contributed by atoms with E-state index in [1.807, 2.05) is 6.07 Å². The highest BCUT2D eigenvalue weighted by atomic mass is 32.2. The van der Waals surface area contributed by atoms with Crippen molar-refractivity contribution < 1.29 is 13.2 Å². The molecule has 1 fully saturated rings. The van der Waals surface area contributed by atoms with Gasteiger partial charge in [-0.1, -0.05) is 0 Å². The SMILES string of the molecule is N#Cc1ccc(S(=O)(=O)NCCCN2CCOCC2)cc1. The zero-order chi connectivity index (χ0) is 15.1. The van der Waals surface area contributed by atoms with Gasteiger partial charge in [0.05, 0.1) is 29.7 Å². The van der Waals surface area contributed by atoms with E-state index in [1.54, 1.807) is 0 Å². The molecule has 1 aliphatic rings. The molecule has 1 aliphatic heterocycles. The van der Waals surface area contributed by atoms with Gasteiger partial charge in [0.1, 0.15) is 0 Å². The number of nitrogens with zero attached hydrogens (tertiary/aromatic N) is 2. The molecule has 0 atom stereocenters. The zero-order valence-corrected chi connectivity index (χ0v) is 12.6. The van der Waals surface area contributed by atoms with E-state index in [-0.39, 0.29) is 4.90 Å². The highest BCUT2D eigenvalue weighted by molar-refractivity contribution is 7.89. The molecule has 0 aliphatic carbocycles. The Kier molecular flexibility index (Phi) is 5.70. The number of benzene rings is 1. The number of sulfonamides is 1. The lowest BCUT2D eigenvalue weighted by atomic mass is 10.2. The van der Waals surface area contributed by atoms with Crippen molar-refractivity contribution in [1.29, 1.82) is 5.26 Å². The van der Waals surface area contributed by atoms with E-state index < -0.39 is 10.0 Å². The Morgan fingerprint density at radius 1 is 1.24 bits per heavy atom. The number of nitrogens with one attached hydrogen (secondary N) is 1. The molecule has 0 unspecified atom stereocenters. The molecule has 114 valence electrons. The van der Waals surface area contributed by atoms with Crippen LogP contribution >= 0.6 is 0 Å². The summed E-state index contributed by atoms with van der Waals surface area (Å²) in [5.74, 6) is 0. The summed E-state index contributed by atoms with van der Waals surface area (Å²) in [4.78, 5) is 2.45. The number of hydrogen-bond acceptors (Lipinski definition) is 5. The van der Waals surface area contributed by atoms with Gasteiger partial charge in [-0.25, -0.2) is 13.1 Å². The van der Waals surface area contributed by atoms with Crippen LogP contribution in [0.2, 0.25) is 0 Å². The molecule has 0 amide bonds. The highest BCUT2D eigenvalue weighted by Crippen LogP contribution is 2.09. The summed E-state index contributed by atoms with van der Waals surface area (Å²) in [6, 6.07) is 7.86. The van der Waals surface area contributed by atoms with Crippen LogP contribution in [-0.4, -0.2) is 52.7 Å². The van der Waals surface area contributed by atoms with Crippen molar-refractivity contribution in [2.24, 2.45) is 0 Å². The van der Waals surface area contributed by atoms with E-state index >= 15 is 0 Å². The predicted octanol–water partition coefficient (Wildman–Crippen LogP) is 0.559. The third kappa shape index (κ3) is 4.79. The van der Waals surface area contributed by atoms with E-state index in [0.717, 1.165) is 39.3 Å². The molecule has 0 bridgehead atoms. The smallest absolute Gasteiger partial charge is 0.240 e. The van der Waals surface area contributed by atoms with Gasteiger partial charge in [-0.2, -0.15) is 5.26 Å². The first kappa shape index (κ1) is 15.9. The molecular weight excluding hydrogens is 290 g/mol. The lowest BCUT2D eigenvalue weighted by molar-refractivity contribution is 0.0376. The Morgan fingerprint density at radius 2 is 1.90 bits per heavy atom. The summed E-state index contributed by atoms with van der Waals surface area (Å²) in [7, 11) is -3.49. The van der Waals surface area contributed by atoms with Crippen molar-refractivity contribution in [3.05, 3.63) is 29.8 Å². The molecule has 1 saturated heterocycles. The topological polar surface area (TPSA) is 82.4 Å². The Morgan fingerprint density at radius 3 is 2.52 bits per heavy atom. The number of nitriles is 1. The van der Waals surface area contributed by atoms with Crippen molar-refractivity contribution in [2.45, 2.75) is 11.3 Å². The molecule has 1 N–H and O–H groups in total. The number of hydrogen-bond donors (Lipinski definition) is 1. The summed E-state index contributed by atoms with van der Waals surface area (Å²) >= 11 is 0. The molecule has 0 saturated carbocycles. The molecule has 2 rings (SSSR count). The molecule has 1 aromatic rings. The highest BCUT2D eigenvalue weighted by Gasteiger charge is 2.14. The van der Waals surface area contributed by atoms with E-state index in [9.17, 15) is 8.42 Å². The van der Waals surface area contributed by atoms with Crippen LogP contribution < -0.4 is 4.72 Å². The second kappa shape index (κ2) is 7.52. The van der Waals surface area contributed by atoms with Gasteiger partial charge in [0.2, 0.25) is 10.0 Å². The van der Waals surface area contributed by atoms with E-state index in [2.05, 4.69) is 9.62 Å². The molecule has 0 radical (unpaired) electrons. The minimum atomic E-state index is -3.49. The Labute approximate surface area is 125 Å². The van der Waals surface area contributed by atoms with Gasteiger partial charge in [0, 0.05) is 19.6 Å². The molecule has 7 heteroatoms. The largest absolute Gasteiger partial charge is 0.379 e. The Hall–Kier alpha value is -1.46. The lowest BCUT2D eigenvalue weighted by Gasteiger charge is -2.26. The van der Waals surface area contributed by atoms with Crippen LogP contribution in [0.1, 0.15) is 12.0 Å². The second-order valence-electron chi connectivity index (χ2n) is 4.84. The van der Waals surface area contributed by atoms with Gasteiger partial charge in [0.25, 0.3) is 0 Å². The van der Waals surface area contributed by atoms with Gasteiger partial charge in [-0.3, -0.25) is 4.90 Å². The number of rotatable bonds is 6. The van der Waals surface area contributed by atoms with E-state index in [1.165, 1.54) is 24.3 Å². The Balaban J connectivity index is 1.79. The van der Waals surface area contributed by atoms with Crippen molar-refractivity contribution in [2.75, 3.05) is 39.4 Å². The predicted molar refractivity (Wildman–Crippen MR) is 78.2 cm³/mol. The number of morpholine rings is 1. The fourth-order valence-electron chi connectivity index (χ4n) is 2.13. The zero-order valence-electron chi connectivity index (χ0n) is 11.8. The minimum absolute atomic E-state index is 0.188. The van der Waals surface area contributed by atoms with Crippen molar-refractivity contribution in [3.8, 4) is 6.07 Å². The number of ether oxygens (including phenoxy) is 1.